The van der Waals surface area contributed by atoms with Gasteiger partial charge in [-0.1, -0.05) is 30.3 Å². The van der Waals surface area contributed by atoms with Crippen molar-refractivity contribution in [1.29, 1.82) is 0 Å². The van der Waals surface area contributed by atoms with E-state index in [1.54, 1.807) is 0 Å². The van der Waals surface area contributed by atoms with E-state index in [1.165, 1.54) is 6.33 Å². The van der Waals surface area contributed by atoms with Gasteiger partial charge in [-0.05, 0) is 29.8 Å². The molecule has 0 fully saturated rings. The van der Waals surface area contributed by atoms with Gasteiger partial charge in [0.05, 0.1) is 5.39 Å². The summed E-state index contributed by atoms with van der Waals surface area (Å²) in [6.07, 6.45) is 3.50. The molecule has 0 amide bonds. The smallest absolute Gasteiger partial charge is 0.146 e. The monoisotopic (exact) mass is 381 g/mol. The van der Waals surface area contributed by atoms with Crippen LogP contribution < -0.4 is 16.2 Å². The van der Waals surface area contributed by atoms with Crippen molar-refractivity contribution < 1.29 is 4.74 Å². The highest BCUT2D eigenvalue weighted by Gasteiger charge is 2.14. The van der Waals surface area contributed by atoms with Crippen LogP contribution in [-0.2, 0) is 6.54 Å². The first-order valence-corrected chi connectivity index (χ1v) is 8.39. The molecule has 0 saturated heterocycles. The van der Waals surface area contributed by atoms with Crippen LogP contribution in [0, 0.1) is 0 Å². The van der Waals surface area contributed by atoms with E-state index in [2.05, 4.69) is 9.97 Å². The number of benzene rings is 2. The molecular weight excluding hydrogens is 362 g/mol. The maximum Gasteiger partial charge on any atom is 0.146 e. The SMILES string of the molecule is Cl.NCCn1cc(-c2ccc(Oc3ccccc3)cc2)c2c(N)ncnc21. The lowest BCUT2D eigenvalue weighted by Gasteiger charge is -2.06. The summed E-state index contributed by atoms with van der Waals surface area (Å²) in [6, 6.07) is 17.6. The fraction of sp³-hybridized carbons (Fsp3) is 0.100. The molecule has 0 saturated carbocycles. The fourth-order valence-electron chi connectivity index (χ4n) is 3.00. The van der Waals surface area contributed by atoms with Crippen molar-refractivity contribution in [3.8, 4) is 22.6 Å². The zero-order chi connectivity index (χ0) is 17.9. The van der Waals surface area contributed by atoms with E-state index >= 15 is 0 Å². The molecule has 0 radical (unpaired) electrons. The molecule has 2 aromatic carbocycles. The molecule has 0 bridgehead atoms. The maximum absolute atomic E-state index is 6.12. The second-order valence-corrected chi connectivity index (χ2v) is 5.92. The molecule has 2 heterocycles. The second kappa shape index (κ2) is 8.07. The molecule has 6 nitrogen and oxygen atoms in total. The van der Waals surface area contributed by atoms with Gasteiger partial charge in [0.25, 0.3) is 0 Å². The lowest BCUT2D eigenvalue weighted by atomic mass is 10.1. The fourth-order valence-corrected chi connectivity index (χ4v) is 3.00. The number of nitrogens with zero attached hydrogens (tertiary/aromatic N) is 3. The Morgan fingerprint density at radius 1 is 0.926 bits per heavy atom. The average molecular weight is 382 g/mol. The molecule has 0 unspecified atom stereocenters. The first-order chi connectivity index (χ1) is 12.8. The molecule has 0 aliphatic heterocycles. The maximum atomic E-state index is 6.12. The van der Waals surface area contributed by atoms with Crippen molar-refractivity contribution in [2.24, 2.45) is 5.73 Å². The summed E-state index contributed by atoms with van der Waals surface area (Å²) in [5, 5.41) is 0.845. The number of aromatic nitrogens is 3. The van der Waals surface area contributed by atoms with E-state index in [9.17, 15) is 0 Å². The molecule has 0 spiro atoms. The van der Waals surface area contributed by atoms with Crippen LogP contribution in [0.4, 0.5) is 5.82 Å². The van der Waals surface area contributed by atoms with Crippen LogP contribution in [0.15, 0.2) is 67.1 Å². The first-order valence-electron chi connectivity index (χ1n) is 8.39. The Morgan fingerprint density at radius 2 is 1.63 bits per heavy atom. The number of halogens is 1. The highest BCUT2D eigenvalue weighted by atomic mass is 35.5. The van der Waals surface area contributed by atoms with Gasteiger partial charge in [-0.3, -0.25) is 0 Å². The molecule has 4 N–H and O–H groups in total. The molecular formula is C20H20ClN5O. The number of hydrogen-bond donors (Lipinski definition) is 2. The zero-order valence-electron chi connectivity index (χ0n) is 14.6. The number of ether oxygens (including phenoxy) is 1. The van der Waals surface area contributed by atoms with E-state index in [0.717, 1.165) is 33.7 Å². The van der Waals surface area contributed by atoms with Crippen molar-refractivity contribution >= 4 is 29.3 Å². The van der Waals surface area contributed by atoms with Gasteiger partial charge in [0.1, 0.15) is 29.3 Å². The quantitative estimate of drug-likeness (QED) is 0.547. The molecule has 138 valence electrons. The van der Waals surface area contributed by atoms with E-state index in [0.29, 0.717) is 18.9 Å². The lowest BCUT2D eigenvalue weighted by molar-refractivity contribution is 0.483. The number of nitrogens with two attached hydrogens (primary N) is 2. The number of hydrogen-bond acceptors (Lipinski definition) is 5. The molecule has 7 heteroatoms. The summed E-state index contributed by atoms with van der Waals surface area (Å²) in [6.45, 7) is 1.19. The predicted octanol–water partition coefficient (Wildman–Crippen LogP) is 3.85. The summed E-state index contributed by atoms with van der Waals surface area (Å²) >= 11 is 0. The van der Waals surface area contributed by atoms with Gasteiger partial charge >= 0.3 is 0 Å². The average Bonchev–Trinajstić information content (AvgIpc) is 3.04. The summed E-state index contributed by atoms with van der Waals surface area (Å²) in [4.78, 5) is 8.51. The van der Waals surface area contributed by atoms with E-state index < -0.39 is 0 Å². The van der Waals surface area contributed by atoms with E-state index in [4.69, 9.17) is 16.2 Å². The molecule has 27 heavy (non-hydrogen) atoms. The van der Waals surface area contributed by atoms with E-state index in [-0.39, 0.29) is 12.4 Å². The number of fused-ring (bicyclic) bond motifs is 1. The second-order valence-electron chi connectivity index (χ2n) is 5.92. The van der Waals surface area contributed by atoms with Crippen molar-refractivity contribution in [1.82, 2.24) is 14.5 Å². The van der Waals surface area contributed by atoms with Crippen LogP contribution in [0.3, 0.4) is 0 Å². The molecule has 4 rings (SSSR count). The minimum Gasteiger partial charge on any atom is -0.457 e. The van der Waals surface area contributed by atoms with Crippen molar-refractivity contribution in [2.45, 2.75) is 6.54 Å². The number of para-hydroxylation sites is 1. The van der Waals surface area contributed by atoms with Gasteiger partial charge in [-0.15, -0.1) is 12.4 Å². The van der Waals surface area contributed by atoms with Gasteiger partial charge in [-0.25, -0.2) is 9.97 Å². The van der Waals surface area contributed by atoms with Gasteiger partial charge in [0, 0.05) is 24.8 Å². The summed E-state index contributed by atoms with van der Waals surface area (Å²) in [5.41, 5.74) is 14.6. The number of anilines is 1. The topological polar surface area (TPSA) is 92.0 Å². The van der Waals surface area contributed by atoms with Crippen LogP contribution in [-0.4, -0.2) is 21.1 Å². The van der Waals surface area contributed by atoms with Crippen molar-refractivity contribution in [3.05, 3.63) is 67.1 Å². The van der Waals surface area contributed by atoms with Gasteiger partial charge in [-0.2, -0.15) is 0 Å². The summed E-state index contributed by atoms with van der Waals surface area (Å²) < 4.78 is 7.86. The Morgan fingerprint density at radius 3 is 2.33 bits per heavy atom. The van der Waals surface area contributed by atoms with Gasteiger partial charge in [0.2, 0.25) is 0 Å². The third kappa shape index (κ3) is 3.72. The van der Waals surface area contributed by atoms with Crippen LogP contribution >= 0.6 is 12.4 Å². The van der Waals surface area contributed by atoms with Crippen molar-refractivity contribution in [2.75, 3.05) is 12.3 Å². The first kappa shape index (κ1) is 18.7. The Bertz CT molecular complexity index is 1030. The van der Waals surface area contributed by atoms with E-state index in [1.807, 2.05) is 65.4 Å². The normalized spacial score (nSPS) is 10.6. The Labute approximate surface area is 163 Å². The van der Waals surface area contributed by atoms with Crippen molar-refractivity contribution in [3.63, 3.8) is 0 Å². The minimum atomic E-state index is 0. The Hall–Kier alpha value is -3.09. The van der Waals surface area contributed by atoms with Crippen LogP contribution in [0.2, 0.25) is 0 Å². The Balaban J connectivity index is 0.00000210. The molecule has 4 aromatic rings. The van der Waals surface area contributed by atoms with Gasteiger partial charge < -0.3 is 20.8 Å². The lowest BCUT2D eigenvalue weighted by Crippen LogP contribution is -2.09. The third-order valence-electron chi connectivity index (χ3n) is 4.20. The Kier molecular flexibility index (Phi) is 5.59. The summed E-state index contributed by atoms with van der Waals surface area (Å²) in [7, 11) is 0. The van der Waals surface area contributed by atoms with Crippen LogP contribution in [0.1, 0.15) is 0 Å². The molecule has 0 aliphatic rings. The highest BCUT2D eigenvalue weighted by Crippen LogP contribution is 2.33. The van der Waals surface area contributed by atoms with Crippen LogP contribution in [0.25, 0.3) is 22.2 Å². The predicted molar refractivity (Wildman–Crippen MR) is 110 cm³/mol. The number of nitrogen functional groups attached to an aromatic ring is 1. The molecule has 2 aromatic heterocycles. The molecule has 0 aliphatic carbocycles. The highest BCUT2D eigenvalue weighted by molar-refractivity contribution is 6.00. The van der Waals surface area contributed by atoms with Crippen LogP contribution in [0.5, 0.6) is 11.5 Å². The number of rotatable bonds is 5. The largest absolute Gasteiger partial charge is 0.457 e. The zero-order valence-corrected chi connectivity index (χ0v) is 15.4. The third-order valence-corrected chi connectivity index (χ3v) is 4.20. The standard InChI is InChI=1S/C20H19N5O.ClH/c21-10-11-25-12-17(18-19(22)23-13-24-20(18)25)14-6-8-16(9-7-14)26-15-4-2-1-3-5-15;/h1-9,12-13H,10-11,21H2,(H2,22,23,24);1H. The minimum absolute atomic E-state index is 0. The summed E-state index contributed by atoms with van der Waals surface area (Å²) in [5.74, 6) is 2.04. The molecule has 0 atom stereocenters. The van der Waals surface area contributed by atoms with Gasteiger partial charge in [0.15, 0.2) is 0 Å².